The molecule has 1 saturated carbocycles. The lowest BCUT2D eigenvalue weighted by Crippen LogP contribution is -2.30. The third-order valence-electron chi connectivity index (χ3n) is 5.29. The van der Waals surface area contributed by atoms with Gasteiger partial charge in [0.2, 0.25) is 15.9 Å². The second-order valence-electron chi connectivity index (χ2n) is 8.01. The number of carbonyl (C=O) groups is 2. The van der Waals surface area contributed by atoms with Gasteiger partial charge in [-0.25, -0.2) is 27.3 Å². The highest BCUT2D eigenvalue weighted by molar-refractivity contribution is 7.89. The molecule has 1 aromatic heterocycles. The smallest absolute Gasteiger partial charge is 0.330 e. The summed E-state index contributed by atoms with van der Waals surface area (Å²) in [5.41, 5.74) is 0.593. The molecule has 2 aromatic rings. The van der Waals surface area contributed by atoms with E-state index in [1.54, 1.807) is 6.92 Å². The number of aromatic nitrogens is 2. The Bertz CT molecular complexity index is 1130. The van der Waals surface area contributed by atoms with Gasteiger partial charge in [0.15, 0.2) is 17.4 Å². The lowest BCUT2D eigenvalue weighted by Gasteiger charge is -2.16. The predicted molar refractivity (Wildman–Crippen MR) is 113 cm³/mol. The first-order valence-electron chi connectivity index (χ1n) is 10.3. The molecule has 2 fully saturated rings. The Balaban J connectivity index is 1.33. The van der Waals surface area contributed by atoms with Crippen LogP contribution in [0.5, 0.6) is 5.75 Å². The summed E-state index contributed by atoms with van der Waals surface area (Å²) in [6, 6.07) is 3.17. The topological polar surface area (TPSA) is 123 Å². The zero-order valence-corrected chi connectivity index (χ0v) is 18.3. The predicted octanol–water partition coefficient (Wildman–Crippen LogP) is 1.55. The van der Waals surface area contributed by atoms with Crippen LogP contribution in [0.3, 0.4) is 0 Å². The van der Waals surface area contributed by atoms with Crippen molar-refractivity contribution in [1.29, 1.82) is 0 Å². The number of sulfonamides is 1. The number of nitrogens with zero attached hydrogens (tertiary/aromatic N) is 3. The average Bonchev–Trinajstić information content (AvgIpc) is 3.33. The lowest BCUT2D eigenvalue weighted by molar-refractivity contribution is -0.117. The monoisotopic (exact) mass is 465 g/mol. The molecule has 0 spiro atoms. The number of rotatable bonds is 10. The van der Waals surface area contributed by atoms with Crippen LogP contribution < -0.4 is 19.7 Å². The van der Waals surface area contributed by atoms with Gasteiger partial charge in [0, 0.05) is 18.8 Å². The molecule has 172 valence electrons. The zero-order valence-electron chi connectivity index (χ0n) is 17.5. The number of hydrogen-bond donors (Lipinski definition) is 2. The lowest BCUT2D eigenvalue weighted by atomic mass is 10.1. The number of anilines is 1. The van der Waals surface area contributed by atoms with E-state index in [2.05, 4.69) is 15.0 Å². The fraction of sp³-hybridized carbons (Fsp3) is 0.450. The van der Waals surface area contributed by atoms with Crippen LogP contribution in [0.2, 0.25) is 0 Å². The van der Waals surface area contributed by atoms with Crippen molar-refractivity contribution < 1.29 is 27.1 Å². The number of imide groups is 1. The maximum Gasteiger partial charge on any atom is 0.330 e. The van der Waals surface area contributed by atoms with Crippen LogP contribution in [0, 0.1) is 11.7 Å². The number of hydrogen-bond acceptors (Lipinski definition) is 6. The Morgan fingerprint density at radius 2 is 2.12 bits per heavy atom. The number of imidazole rings is 1. The minimum absolute atomic E-state index is 0.0949. The van der Waals surface area contributed by atoms with E-state index in [1.807, 2.05) is 0 Å². The first kappa shape index (κ1) is 22.2. The number of urea groups is 1. The summed E-state index contributed by atoms with van der Waals surface area (Å²) < 4.78 is 48.7. The van der Waals surface area contributed by atoms with E-state index < -0.39 is 33.8 Å². The van der Waals surface area contributed by atoms with Gasteiger partial charge in [-0.05, 0) is 43.4 Å². The molecule has 4 rings (SSSR count). The standard InChI is InChI=1S/C20H24FN5O5S/c1-13(15-4-5-16(21)17(8-15)31-11-14-2-3-14)24-32(29,30)7-6-25-9-18(22-12-25)26-10-19(27)23-20(26)28/h4-5,8-9,12-14,24H,2-3,6-7,10-11H2,1H3,(H,23,27,28)/t13-/m1/s1. The second-order valence-corrected chi connectivity index (χ2v) is 9.89. The number of benzene rings is 1. The van der Waals surface area contributed by atoms with Crippen molar-refractivity contribution in [1.82, 2.24) is 19.6 Å². The van der Waals surface area contributed by atoms with Crippen LogP contribution in [0.1, 0.15) is 31.4 Å². The Labute approximate surface area is 184 Å². The fourth-order valence-corrected chi connectivity index (χ4v) is 4.49. The Kier molecular flexibility index (Phi) is 6.15. The number of carbonyl (C=O) groups excluding carboxylic acids is 2. The number of amides is 3. The first-order valence-corrected chi connectivity index (χ1v) is 11.9. The van der Waals surface area contributed by atoms with E-state index in [1.165, 1.54) is 40.2 Å². The average molecular weight is 466 g/mol. The van der Waals surface area contributed by atoms with Crippen LogP contribution in [0.25, 0.3) is 0 Å². The number of nitrogens with one attached hydrogen (secondary N) is 2. The second kappa shape index (κ2) is 8.87. The summed E-state index contributed by atoms with van der Waals surface area (Å²) >= 11 is 0. The largest absolute Gasteiger partial charge is 0.490 e. The summed E-state index contributed by atoms with van der Waals surface area (Å²) in [4.78, 5) is 28.2. The molecule has 1 atom stereocenters. The van der Waals surface area contributed by atoms with E-state index in [4.69, 9.17) is 4.74 Å². The molecule has 1 saturated heterocycles. The van der Waals surface area contributed by atoms with Crippen molar-refractivity contribution in [2.24, 2.45) is 5.92 Å². The van der Waals surface area contributed by atoms with E-state index in [9.17, 15) is 22.4 Å². The Hall–Kier alpha value is -2.99. The van der Waals surface area contributed by atoms with Crippen molar-refractivity contribution >= 4 is 27.8 Å². The van der Waals surface area contributed by atoms with E-state index in [0.29, 0.717) is 18.1 Å². The summed E-state index contributed by atoms with van der Waals surface area (Å²) in [6.07, 6.45) is 5.06. The van der Waals surface area contributed by atoms with Crippen molar-refractivity contribution in [3.05, 3.63) is 42.1 Å². The van der Waals surface area contributed by atoms with Gasteiger partial charge in [-0.15, -0.1) is 0 Å². The number of aryl methyl sites for hydroxylation is 1. The molecule has 3 amide bonds. The Morgan fingerprint density at radius 3 is 2.81 bits per heavy atom. The maximum absolute atomic E-state index is 14.0. The SMILES string of the molecule is C[C@@H](NS(=O)(=O)CCn1cnc(N2CC(=O)NC2=O)c1)c1ccc(F)c(OCC2CC2)c1. The molecular weight excluding hydrogens is 441 g/mol. The molecule has 1 aliphatic carbocycles. The minimum atomic E-state index is -3.68. The molecule has 0 radical (unpaired) electrons. The van der Waals surface area contributed by atoms with Crippen molar-refractivity contribution in [2.45, 2.75) is 32.4 Å². The molecule has 0 unspecified atom stereocenters. The highest BCUT2D eigenvalue weighted by Gasteiger charge is 2.29. The number of ether oxygens (including phenoxy) is 1. The van der Waals surface area contributed by atoms with Crippen molar-refractivity contribution in [3.63, 3.8) is 0 Å². The summed E-state index contributed by atoms with van der Waals surface area (Å²) in [7, 11) is -3.68. The van der Waals surface area contributed by atoms with Gasteiger partial charge in [-0.3, -0.25) is 15.0 Å². The Morgan fingerprint density at radius 1 is 1.34 bits per heavy atom. The van der Waals surface area contributed by atoms with Crippen LogP contribution in [0.4, 0.5) is 15.0 Å². The third-order valence-corrected chi connectivity index (χ3v) is 6.72. The van der Waals surface area contributed by atoms with Gasteiger partial charge >= 0.3 is 6.03 Å². The van der Waals surface area contributed by atoms with Crippen LogP contribution in [-0.2, 0) is 21.4 Å². The van der Waals surface area contributed by atoms with Gasteiger partial charge in [0.1, 0.15) is 6.54 Å². The summed E-state index contributed by atoms with van der Waals surface area (Å²) in [5, 5.41) is 2.15. The molecule has 0 bridgehead atoms. The van der Waals surface area contributed by atoms with Gasteiger partial charge in [0.05, 0.1) is 18.7 Å². The maximum atomic E-state index is 14.0. The van der Waals surface area contributed by atoms with E-state index in [0.717, 1.165) is 12.8 Å². The van der Waals surface area contributed by atoms with Gasteiger partial charge in [-0.2, -0.15) is 0 Å². The van der Waals surface area contributed by atoms with Crippen LogP contribution in [-0.4, -0.2) is 48.8 Å². The summed E-state index contributed by atoms with van der Waals surface area (Å²) in [5.74, 6) is -0.281. The summed E-state index contributed by atoms with van der Waals surface area (Å²) in [6.45, 7) is 2.10. The molecular formula is C20H24FN5O5S. The molecule has 1 aliphatic heterocycles. The molecule has 12 heteroatoms. The van der Waals surface area contributed by atoms with Gasteiger partial charge in [0.25, 0.3) is 0 Å². The first-order chi connectivity index (χ1) is 15.2. The molecule has 2 heterocycles. The quantitative estimate of drug-likeness (QED) is 0.514. The zero-order chi connectivity index (χ0) is 22.9. The molecule has 10 nitrogen and oxygen atoms in total. The van der Waals surface area contributed by atoms with Crippen molar-refractivity contribution in [2.75, 3.05) is 23.8 Å². The molecule has 2 aliphatic rings. The third kappa shape index (κ3) is 5.43. The van der Waals surface area contributed by atoms with Crippen LogP contribution >= 0.6 is 0 Å². The van der Waals surface area contributed by atoms with Gasteiger partial charge in [-0.1, -0.05) is 6.07 Å². The molecule has 1 aromatic carbocycles. The van der Waals surface area contributed by atoms with Crippen molar-refractivity contribution in [3.8, 4) is 5.75 Å². The van der Waals surface area contributed by atoms with E-state index >= 15 is 0 Å². The highest BCUT2D eigenvalue weighted by atomic mass is 32.2. The molecule has 32 heavy (non-hydrogen) atoms. The van der Waals surface area contributed by atoms with Gasteiger partial charge < -0.3 is 9.30 Å². The van der Waals surface area contributed by atoms with Crippen LogP contribution in [0.15, 0.2) is 30.7 Å². The number of halogens is 1. The highest BCUT2D eigenvalue weighted by Crippen LogP contribution is 2.31. The van der Waals surface area contributed by atoms with E-state index in [-0.39, 0.29) is 30.4 Å². The molecule has 2 N–H and O–H groups in total. The minimum Gasteiger partial charge on any atom is -0.490 e. The normalized spacial score (nSPS) is 17.5. The fourth-order valence-electron chi connectivity index (χ4n) is 3.25.